The quantitative estimate of drug-likeness (QED) is 0.500. The Balaban J connectivity index is 2.37. The van der Waals surface area contributed by atoms with Crippen LogP contribution >= 0.6 is 0 Å². The molecule has 0 bridgehead atoms. The lowest BCUT2D eigenvalue weighted by molar-refractivity contribution is 0.191. The average Bonchev–Trinajstić information content (AvgIpc) is 2.63. The molecule has 0 radical (unpaired) electrons. The van der Waals surface area contributed by atoms with Crippen molar-refractivity contribution in [3.63, 3.8) is 0 Å². The number of benzene rings is 2. The lowest BCUT2D eigenvalue weighted by Crippen LogP contribution is -2.13. The molecule has 0 fully saturated rings. The van der Waals surface area contributed by atoms with Crippen LogP contribution < -0.4 is 5.43 Å². The van der Waals surface area contributed by atoms with Crippen molar-refractivity contribution in [2.75, 3.05) is 13.7 Å². The maximum Gasteiger partial charge on any atom is 0.197 e. The van der Waals surface area contributed by atoms with Gasteiger partial charge in [0, 0.05) is 31.0 Å². The van der Waals surface area contributed by atoms with Crippen LogP contribution in [-0.2, 0) is 24.1 Å². The molecule has 0 N–H and O–H groups in total. The molecule has 1 heterocycles. The van der Waals surface area contributed by atoms with E-state index in [4.69, 9.17) is 4.74 Å². The van der Waals surface area contributed by atoms with E-state index >= 15 is 0 Å². The molecular formula is C21H25NO2. The Morgan fingerprint density at radius 3 is 2.38 bits per heavy atom. The van der Waals surface area contributed by atoms with E-state index < -0.39 is 0 Å². The van der Waals surface area contributed by atoms with Crippen molar-refractivity contribution >= 4 is 21.8 Å². The summed E-state index contributed by atoms with van der Waals surface area (Å²) in [5.41, 5.74) is 4.81. The summed E-state index contributed by atoms with van der Waals surface area (Å²) in [6.45, 7) is 5.89. The van der Waals surface area contributed by atoms with Crippen LogP contribution in [0.3, 0.4) is 0 Å². The predicted octanol–water partition coefficient (Wildman–Crippen LogP) is 4.32. The minimum Gasteiger partial charge on any atom is -0.385 e. The van der Waals surface area contributed by atoms with E-state index in [1.165, 1.54) is 11.1 Å². The Kier molecular flexibility index (Phi) is 5.00. The van der Waals surface area contributed by atoms with E-state index in [2.05, 4.69) is 30.5 Å². The van der Waals surface area contributed by atoms with Crippen molar-refractivity contribution in [1.29, 1.82) is 0 Å². The lowest BCUT2D eigenvalue weighted by atomic mass is 9.98. The van der Waals surface area contributed by atoms with E-state index in [-0.39, 0.29) is 5.43 Å². The van der Waals surface area contributed by atoms with Gasteiger partial charge in [0.05, 0.1) is 11.0 Å². The first kappa shape index (κ1) is 16.7. The molecule has 2 aromatic carbocycles. The van der Waals surface area contributed by atoms with Gasteiger partial charge >= 0.3 is 0 Å². The molecule has 24 heavy (non-hydrogen) atoms. The Labute approximate surface area is 142 Å². The SMILES string of the molecule is CCc1cc2c(=O)c3ccccc3n(CCCOC)c2cc1CC. The molecule has 3 nitrogen and oxygen atoms in total. The van der Waals surface area contributed by atoms with E-state index in [0.717, 1.165) is 54.2 Å². The van der Waals surface area contributed by atoms with E-state index in [0.29, 0.717) is 0 Å². The number of hydrogen-bond donors (Lipinski definition) is 0. The van der Waals surface area contributed by atoms with Crippen LogP contribution in [0.25, 0.3) is 21.8 Å². The fourth-order valence-corrected chi connectivity index (χ4v) is 3.52. The van der Waals surface area contributed by atoms with Crippen LogP contribution in [0.5, 0.6) is 0 Å². The average molecular weight is 323 g/mol. The van der Waals surface area contributed by atoms with Crippen molar-refractivity contribution in [3.8, 4) is 0 Å². The van der Waals surface area contributed by atoms with E-state index in [1.54, 1.807) is 7.11 Å². The molecular weight excluding hydrogens is 298 g/mol. The summed E-state index contributed by atoms with van der Waals surface area (Å²) >= 11 is 0. The van der Waals surface area contributed by atoms with Crippen molar-refractivity contribution in [2.45, 2.75) is 39.7 Å². The highest BCUT2D eigenvalue weighted by Gasteiger charge is 2.13. The molecule has 0 atom stereocenters. The van der Waals surface area contributed by atoms with Crippen molar-refractivity contribution < 1.29 is 4.74 Å². The van der Waals surface area contributed by atoms with Crippen molar-refractivity contribution in [2.24, 2.45) is 0 Å². The second-order valence-corrected chi connectivity index (χ2v) is 6.19. The van der Waals surface area contributed by atoms with Gasteiger partial charge in [0.25, 0.3) is 0 Å². The summed E-state index contributed by atoms with van der Waals surface area (Å²) in [4.78, 5) is 13.0. The normalized spacial score (nSPS) is 11.5. The number of fused-ring (bicyclic) bond motifs is 2. The first-order valence-corrected chi connectivity index (χ1v) is 8.77. The number of ether oxygens (including phenoxy) is 1. The fourth-order valence-electron chi connectivity index (χ4n) is 3.52. The van der Waals surface area contributed by atoms with Crippen LogP contribution in [0.15, 0.2) is 41.2 Å². The Bertz CT molecular complexity index is 924. The molecule has 0 amide bonds. The zero-order chi connectivity index (χ0) is 17.1. The molecule has 0 saturated carbocycles. The molecule has 0 spiro atoms. The molecule has 0 aliphatic heterocycles. The highest BCUT2D eigenvalue weighted by Crippen LogP contribution is 2.24. The standard InChI is InChI=1S/C21H25NO2/c1-4-15-13-18-20(14-16(15)5-2)22(11-8-12-24-3)19-10-7-6-9-17(19)21(18)23/h6-7,9-10,13-14H,4-5,8,11-12H2,1-3H3. The number of methoxy groups -OCH3 is 1. The third kappa shape index (κ3) is 2.84. The number of nitrogens with zero attached hydrogens (tertiary/aromatic N) is 1. The Hall–Kier alpha value is -2.13. The Morgan fingerprint density at radius 1 is 0.958 bits per heavy atom. The molecule has 0 unspecified atom stereocenters. The predicted molar refractivity (Wildman–Crippen MR) is 101 cm³/mol. The number of para-hydroxylation sites is 1. The second kappa shape index (κ2) is 7.18. The summed E-state index contributed by atoms with van der Waals surface area (Å²) in [7, 11) is 1.73. The molecule has 0 saturated heterocycles. The maximum absolute atomic E-state index is 13.0. The molecule has 0 aliphatic rings. The van der Waals surface area contributed by atoms with Crippen molar-refractivity contribution in [1.82, 2.24) is 4.57 Å². The smallest absolute Gasteiger partial charge is 0.197 e. The molecule has 0 aliphatic carbocycles. The van der Waals surface area contributed by atoms with Crippen LogP contribution in [0.2, 0.25) is 0 Å². The summed E-state index contributed by atoms with van der Waals surface area (Å²) in [5.74, 6) is 0. The van der Waals surface area contributed by atoms with Gasteiger partial charge in [-0.25, -0.2) is 0 Å². The van der Waals surface area contributed by atoms with E-state index in [9.17, 15) is 4.79 Å². The summed E-state index contributed by atoms with van der Waals surface area (Å²) in [6.07, 6.45) is 2.86. The molecule has 1 aromatic heterocycles. The molecule has 3 aromatic rings. The lowest BCUT2D eigenvalue weighted by Gasteiger charge is -2.17. The monoisotopic (exact) mass is 323 g/mol. The number of pyridine rings is 1. The zero-order valence-electron chi connectivity index (χ0n) is 14.8. The van der Waals surface area contributed by atoms with Gasteiger partial charge in [0.2, 0.25) is 0 Å². The van der Waals surface area contributed by atoms with Gasteiger partial charge in [-0.2, -0.15) is 0 Å². The van der Waals surface area contributed by atoms with Crippen molar-refractivity contribution in [3.05, 3.63) is 57.7 Å². The fraction of sp³-hybridized carbons (Fsp3) is 0.381. The largest absolute Gasteiger partial charge is 0.385 e. The molecule has 126 valence electrons. The van der Waals surface area contributed by atoms with Gasteiger partial charge in [-0.15, -0.1) is 0 Å². The van der Waals surface area contributed by atoms with Crippen LogP contribution in [0.4, 0.5) is 0 Å². The molecule has 3 heteroatoms. The third-order valence-electron chi connectivity index (χ3n) is 4.78. The summed E-state index contributed by atoms with van der Waals surface area (Å²) in [6, 6.07) is 12.2. The van der Waals surface area contributed by atoms with Gasteiger partial charge in [-0.05, 0) is 54.7 Å². The number of hydrogen-bond acceptors (Lipinski definition) is 2. The third-order valence-corrected chi connectivity index (χ3v) is 4.78. The Morgan fingerprint density at radius 2 is 1.67 bits per heavy atom. The van der Waals surface area contributed by atoms with Gasteiger partial charge < -0.3 is 9.30 Å². The maximum atomic E-state index is 13.0. The highest BCUT2D eigenvalue weighted by atomic mass is 16.5. The van der Waals surface area contributed by atoms with Crippen LogP contribution in [0, 0.1) is 0 Å². The second-order valence-electron chi connectivity index (χ2n) is 6.19. The summed E-state index contributed by atoms with van der Waals surface area (Å²) in [5, 5.41) is 1.63. The van der Waals surface area contributed by atoms with Gasteiger partial charge in [0.1, 0.15) is 0 Å². The first-order valence-electron chi connectivity index (χ1n) is 8.77. The summed E-state index contributed by atoms with van der Waals surface area (Å²) < 4.78 is 7.50. The van der Waals surface area contributed by atoms with Crippen LogP contribution in [-0.4, -0.2) is 18.3 Å². The topological polar surface area (TPSA) is 31.2 Å². The number of aryl methyl sites for hydroxylation is 3. The highest BCUT2D eigenvalue weighted by molar-refractivity contribution is 5.94. The van der Waals surface area contributed by atoms with Gasteiger partial charge in [0.15, 0.2) is 5.43 Å². The van der Waals surface area contributed by atoms with Gasteiger partial charge in [-0.1, -0.05) is 26.0 Å². The number of rotatable bonds is 6. The van der Waals surface area contributed by atoms with Gasteiger partial charge in [-0.3, -0.25) is 4.79 Å². The van der Waals surface area contributed by atoms with E-state index in [1.807, 2.05) is 24.3 Å². The first-order chi connectivity index (χ1) is 11.7. The molecule has 3 rings (SSSR count). The number of aromatic nitrogens is 1. The minimum absolute atomic E-state index is 0.140. The van der Waals surface area contributed by atoms with Crippen LogP contribution in [0.1, 0.15) is 31.4 Å². The minimum atomic E-state index is 0.140. The zero-order valence-corrected chi connectivity index (χ0v) is 14.8.